The molecular weight excluding hydrogens is 156 g/mol. The zero-order valence-electron chi connectivity index (χ0n) is 9.06. The van der Waals surface area contributed by atoms with Gasteiger partial charge in [0.25, 0.3) is 0 Å². The van der Waals surface area contributed by atoms with Gasteiger partial charge in [-0.15, -0.1) is 0 Å². The maximum absolute atomic E-state index is 2.28. The molecule has 0 saturated carbocycles. The van der Waals surface area contributed by atoms with Gasteiger partial charge in [-0.3, -0.25) is 0 Å². The van der Waals surface area contributed by atoms with Crippen LogP contribution in [0.2, 0.25) is 0 Å². The highest BCUT2D eigenvalue weighted by molar-refractivity contribution is 5.34. The third kappa shape index (κ3) is 2.58. The average molecular weight is 176 g/mol. The molecule has 72 valence electrons. The van der Waals surface area contributed by atoms with Gasteiger partial charge in [0.05, 0.1) is 0 Å². The van der Waals surface area contributed by atoms with Gasteiger partial charge in [-0.1, -0.05) is 44.9 Å². The summed E-state index contributed by atoms with van der Waals surface area (Å²) in [6, 6.07) is 6.69. The molecule has 13 heavy (non-hydrogen) atoms. The van der Waals surface area contributed by atoms with E-state index in [1.807, 2.05) is 0 Å². The molecule has 1 aromatic rings. The predicted octanol–water partition coefficient (Wildman–Crippen LogP) is 3.90. The molecule has 0 fully saturated rings. The first-order valence-electron chi connectivity index (χ1n) is 5.37. The van der Waals surface area contributed by atoms with Crippen LogP contribution >= 0.6 is 0 Å². The third-order valence-corrected chi connectivity index (χ3v) is 2.53. The van der Waals surface area contributed by atoms with E-state index >= 15 is 0 Å². The summed E-state index contributed by atoms with van der Waals surface area (Å²) in [4.78, 5) is 0. The SMILES string of the molecule is CCCc1cccc(C)c1CCC. The van der Waals surface area contributed by atoms with Crippen LogP contribution in [0.15, 0.2) is 18.2 Å². The maximum Gasteiger partial charge on any atom is -0.0276 e. The molecule has 1 rings (SSSR count). The zero-order chi connectivity index (χ0) is 9.68. The molecule has 0 aliphatic heterocycles. The highest BCUT2D eigenvalue weighted by atomic mass is 14.1. The summed E-state index contributed by atoms with van der Waals surface area (Å²) in [6.07, 6.45) is 4.97. The van der Waals surface area contributed by atoms with E-state index in [1.165, 1.54) is 31.2 Å². The molecule has 0 saturated heterocycles. The van der Waals surface area contributed by atoms with Crippen molar-refractivity contribution in [1.82, 2.24) is 0 Å². The van der Waals surface area contributed by atoms with Crippen molar-refractivity contribution in [1.29, 1.82) is 0 Å². The van der Waals surface area contributed by atoms with Crippen molar-refractivity contribution in [2.75, 3.05) is 0 Å². The number of benzene rings is 1. The first-order chi connectivity index (χ1) is 6.29. The fourth-order valence-corrected chi connectivity index (χ4v) is 1.87. The average Bonchev–Trinajstić information content (AvgIpc) is 2.11. The number of aryl methyl sites for hydroxylation is 2. The van der Waals surface area contributed by atoms with Crippen LogP contribution in [0.4, 0.5) is 0 Å². The van der Waals surface area contributed by atoms with Crippen LogP contribution < -0.4 is 0 Å². The fourth-order valence-electron chi connectivity index (χ4n) is 1.87. The van der Waals surface area contributed by atoms with E-state index in [2.05, 4.69) is 39.0 Å². The Morgan fingerprint density at radius 2 is 1.69 bits per heavy atom. The Kier molecular flexibility index (Phi) is 4.01. The minimum atomic E-state index is 1.23. The lowest BCUT2D eigenvalue weighted by atomic mass is 9.95. The van der Waals surface area contributed by atoms with Gasteiger partial charge in [0.2, 0.25) is 0 Å². The lowest BCUT2D eigenvalue weighted by molar-refractivity contribution is 0.854. The Hall–Kier alpha value is -0.780. The monoisotopic (exact) mass is 176 g/mol. The second-order valence-corrected chi connectivity index (χ2v) is 3.71. The fraction of sp³-hybridized carbons (Fsp3) is 0.538. The van der Waals surface area contributed by atoms with Gasteiger partial charge < -0.3 is 0 Å². The molecule has 0 spiro atoms. The summed E-state index contributed by atoms with van der Waals surface area (Å²) in [5.41, 5.74) is 4.61. The molecule has 0 bridgehead atoms. The minimum Gasteiger partial charge on any atom is -0.0651 e. The topological polar surface area (TPSA) is 0 Å². The van der Waals surface area contributed by atoms with Gasteiger partial charge in [-0.25, -0.2) is 0 Å². The largest absolute Gasteiger partial charge is 0.0651 e. The maximum atomic E-state index is 2.28. The van der Waals surface area contributed by atoms with Crippen molar-refractivity contribution in [2.24, 2.45) is 0 Å². The molecule has 0 nitrogen and oxygen atoms in total. The molecule has 0 N–H and O–H groups in total. The Labute approximate surface area is 82.0 Å². The molecule has 0 unspecified atom stereocenters. The summed E-state index contributed by atoms with van der Waals surface area (Å²) in [7, 11) is 0. The molecule has 0 radical (unpaired) electrons. The third-order valence-electron chi connectivity index (χ3n) is 2.53. The van der Waals surface area contributed by atoms with E-state index in [0.717, 1.165) is 0 Å². The number of rotatable bonds is 4. The molecule has 0 heterocycles. The molecular formula is C13H20. The van der Waals surface area contributed by atoms with Crippen LogP contribution in [0.1, 0.15) is 43.4 Å². The zero-order valence-corrected chi connectivity index (χ0v) is 9.06. The van der Waals surface area contributed by atoms with Crippen molar-refractivity contribution in [3.05, 3.63) is 34.9 Å². The molecule has 0 aliphatic rings. The smallest absolute Gasteiger partial charge is 0.0276 e. The minimum absolute atomic E-state index is 1.23. The van der Waals surface area contributed by atoms with Crippen LogP contribution in [0, 0.1) is 6.92 Å². The molecule has 0 aromatic heterocycles. The van der Waals surface area contributed by atoms with Gasteiger partial charge in [-0.05, 0) is 36.5 Å². The van der Waals surface area contributed by atoms with Gasteiger partial charge in [-0.2, -0.15) is 0 Å². The van der Waals surface area contributed by atoms with Crippen LogP contribution in [-0.2, 0) is 12.8 Å². The van der Waals surface area contributed by atoms with Gasteiger partial charge in [0, 0.05) is 0 Å². The van der Waals surface area contributed by atoms with Crippen LogP contribution in [-0.4, -0.2) is 0 Å². The second kappa shape index (κ2) is 5.06. The van der Waals surface area contributed by atoms with E-state index in [0.29, 0.717) is 0 Å². The first kappa shape index (κ1) is 10.3. The first-order valence-corrected chi connectivity index (χ1v) is 5.37. The van der Waals surface area contributed by atoms with Gasteiger partial charge in [0.1, 0.15) is 0 Å². The second-order valence-electron chi connectivity index (χ2n) is 3.71. The van der Waals surface area contributed by atoms with Crippen LogP contribution in [0.5, 0.6) is 0 Å². The van der Waals surface area contributed by atoms with Crippen molar-refractivity contribution < 1.29 is 0 Å². The molecule has 1 aromatic carbocycles. The number of hydrogen-bond acceptors (Lipinski definition) is 0. The molecule has 0 atom stereocenters. The Balaban J connectivity index is 2.95. The summed E-state index contributed by atoms with van der Waals surface area (Å²) in [5, 5.41) is 0. The van der Waals surface area contributed by atoms with E-state index in [1.54, 1.807) is 11.1 Å². The van der Waals surface area contributed by atoms with Crippen LogP contribution in [0.3, 0.4) is 0 Å². The van der Waals surface area contributed by atoms with Gasteiger partial charge >= 0.3 is 0 Å². The van der Waals surface area contributed by atoms with E-state index in [9.17, 15) is 0 Å². The lowest BCUT2D eigenvalue weighted by Gasteiger charge is -2.10. The summed E-state index contributed by atoms with van der Waals surface area (Å²) in [5.74, 6) is 0. The standard InChI is InChI=1S/C13H20/c1-4-7-12-10-6-9-11(3)13(12)8-5-2/h6,9-10H,4-5,7-8H2,1-3H3. The Bertz CT molecular complexity index is 261. The van der Waals surface area contributed by atoms with Crippen molar-refractivity contribution in [3.63, 3.8) is 0 Å². The predicted molar refractivity (Wildman–Crippen MR) is 59.2 cm³/mol. The molecule has 0 amide bonds. The van der Waals surface area contributed by atoms with E-state index in [-0.39, 0.29) is 0 Å². The lowest BCUT2D eigenvalue weighted by Crippen LogP contribution is -1.96. The quantitative estimate of drug-likeness (QED) is 0.652. The summed E-state index contributed by atoms with van der Waals surface area (Å²) in [6.45, 7) is 6.73. The number of hydrogen-bond donors (Lipinski definition) is 0. The highest BCUT2D eigenvalue weighted by Gasteiger charge is 2.02. The Morgan fingerprint density at radius 3 is 2.31 bits per heavy atom. The molecule has 0 aliphatic carbocycles. The van der Waals surface area contributed by atoms with Crippen LogP contribution in [0.25, 0.3) is 0 Å². The highest BCUT2D eigenvalue weighted by Crippen LogP contribution is 2.17. The molecule has 0 heteroatoms. The van der Waals surface area contributed by atoms with Crippen molar-refractivity contribution in [2.45, 2.75) is 46.5 Å². The Morgan fingerprint density at radius 1 is 1.00 bits per heavy atom. The summed E-state index contributed by atoms with van der Waals surface area (Å²) >= 11 is 0. The summed E-state index contributed by atoms with van der Waals surface area (Å²) < 4.78 is 0. The van der Waals surface area contributed by atoms with E-state index < -0.39 is 0 Å². The van der Waals surface area contributed by atoms with Crippen molar-refractivity contribution >= 4 is 0 Å². The van der Waals surface area contributed by atoms with E-state index in [4.69, 9.17) is 0 Å². The van der Waals surface area contributed by atoms with Gasteiger partial charge in [0.15, 0.2) is 0 Å². The van der Waals surface area contributed by atoms with Crippen molar-refractivity contribution in [3.8, 4) is 0 Å². The normalized spacial score (nSPS) is 10.4.